The van der Waals surface area contributed by atoms with Crippen molar-refractivity contribution >= 4 is 12.1 Å². The molecule has 6 nitrogen and oxygen atoms in total. The Bertz CT molecular complexity index is 583. The van der Waals surface area contributed by atoms with E-state index in [2.05, 4.69) is 0 Å². The van der Waals surface area contributed by atoms with Crippen LogP contribution in [-0.2, 0) is 20.9 Å². The smallest absolute Gasteiger partial charge is 0.411 e. The standard InChI is InChI=1S/C19H28N2O4/c1-19(2,3)25-18(23)21-11-7-10-15(12-16(21)20)17(22)24-13-14-8-5-4-6-9-14/h4-6,8-9,15-16H,7,10-13,20H2,1-3H3/t15-,16-/m0/s1. The fraction of sp³-hybridized carbons (Fsp3) is 0.579. The zero-order chi connectivity index (χ0) is 18.4. The number of carbonyl (C=O) groups excluding carboxylic acids is 2. The molecule has 1 aromatic carbocycles. The van der Waals surface area contributed by atoms with Crippen LogP contribution in [0.25, 0.3) is 0 Å². The predicted octanol–water partition coefficient (Wildman–Crippen LogP) is 3.05. The maximum atomic E-state index is 12.4. The minimum atomic E-state index is -0.572. The van der Waals surface area contributed by atoms with Crippen LogP contribution in [0, 0.1) is 5.92 Å². The zero-order valence-corrected chi connectivity index (χ0v) is 15.2. The molecule has 138 valence electrons. The fourth-order valence-corrected chi connectivity index (χ4v) is 2.82. The molecule has 1 heterocycles. The predicted molar refractivity (Wildman–Crippen MR) is 94.5 cm³/mol. The van der Waals surface area contributed by atoms with Gasteiger partial charge in [0.15, 0.2) is 0 Å². The van der Waals surface area contributed by atoms with Crippen molar-refractivity contribution in [3.8, 4) is 0 Å². The van der Waals surface area contributed by atoms with Crippen LogP contribution in [0.1, 0.15) is 45.6 Å². The van der Waals surface area contributed by atoms with E-state index in [0.29, 0.717) is 25.8 Å². The largest absolute Gasteiger partial charge is 0.461 e. The highest BCUT2D eigenvalue weighted by molar-refractivity contribution is 5.73. The van der Waals surface area contributed by atoms with Gasteiger partial charge in [-0.25, -0.2) is 4.79 Å². The van der Waals surface area contributed by atoms with Crippen LogP contribution >= 0.6 is 0 Å². The van der Waals surface area contributed by atoms with Crippen LogP contribution in [0.4, 0.5) is 4.79 Å². The molecular weight excluding hydrogens is 320 g/mol. The van der Waals surface area contributed by atoms with Gasteiger partial charge in [-0.2, -0.15) is 0 Å². The summed E-state index contributed by atoms with van der Waals surface area (Å²) in [6, 6.07) is 9.56. The molecule has 0 radical (unpaired) electrons. The van der Waals surface area contributed by atoms with E-state index in [1.54, 1.807) is 0 Å². The van der Waals surface area contributed by atoms with Crippen molar-refractivity contribution in [2.45, 2.75) is 58.4 Å². The Kier molecular flexibility index (Phi) is 6.42. The first-order valence-corrected chi connectivity index (χ1v) is 8.72. The number of nitrogens with zero attached hydrogens (tertiary/aromatic N) is 1. The summed E-state index contributed by atoms with van der Waals surface area (Å²) < 4.78 is 10.8. The molecular formula is C19H28N2O4. The number of carbonyl (C=O) groups is 2. The van der Waals surface area contributed by atoms with Crippen molar-refractivity contribution in [1.82, 2.24) is 4.90 Å². The Morgan fingerprint density at radius 3 is 2.56 bits per heavy atom. The summed E-state index contributed by atoms with van der Waals surface area (Å²) in [6.07, 6.45) is 0.746. The van der Waals surface area contributed by atoms with Gasteiger partial charge in [-0.3, -0.25) is 9.69 Å². The molecule has 6 heteroatoms. The number of nitrogens with two attached hydrogens (primary N) is 1. The molecule has 2 rings (SSSR count). The molecule has 0 saturated carbocycles. The summed E-state index contributed by atoms with van der Waals surface area (Å²) >= 11 is 0. The van der Waals surface area contributed by atoms with E-state index in [1.165, 1.54) is 4.90 Å². The molecule has 2 N–H and O–H groups in total. The number of rotatable bonds is 3. The number of ether oxygens (including phenoxy) is 2. The molecule has 0 aliphatic carbocycles. The third-order valence-electron chi connectivity index (χ3n) is 4.06. The molecule has 0 aromatic heterocycles. The van der Waals surface area contributed by atoms with E-state index in [-0.39, 0.29) is 18.5 Å². The van der Waals surface area contributed by atoms with E-state index >= 15 is 0 Å². The molecule has 1 aliphatic heterocycles. The quantitative estimate of drug-likeness (QED) is 0.849. The second kappa shape index (κ2) is 8.34. The minimum Gasteiger partial charge on any atom is -0.461 e. The fourth-order valence-electron chi connectivity index (χ4n) is 2.82. The van der Waals surface area contributed by atoms with Crippen molar-refractivity contribution in [2.75, 3.05) is 6.54 Å². The van der Waals surface area contributed by atoms with Crippen molar-refractivity contribution in [3.05, 3.63) is 35.9 Å². The Morgan fingerprint density at radius 1 is 1.24 bits per heavy atom. The maximum Gasteiger partial charge on any atom is 0.411 e. The lowest BCUT2D eigenvalue weighted by atomic mass is 10.00. The number of benzene rings is 1. The van der Waals surface area contributed by atoms with Crippen LogP contribution in [0.15, 0.2) is 30.3 Å². The monoisotopic (exact) mass is 348 g/mol. The van der Waals surface area contributed by atoms with Crippen LogP contribution in [0.5, 0.6) is 0 Å². The number of esters is 1. The van der Waals surface area contributed by atoms with E-state index in [0.717, 1.165) is 5.56 Å². The lowest BCUT2D eigenvalue weighted by Crippen LogP contribution is -2.48. The number of hydrogen-bond acceptors (Lipinski definition) is 5. The van der Waals surface area contributed by atoms with Gasteiger partial charge >= 0.3 is 12.1 Å². The average Bonchev–Trinajstić information content (AvgIpc) is 2.73. The molecule has 2 atom stereocenters. The van der Waals surface area contributed by atoms with Gasteiger partial charge in [0.25, 0.3) is 0 Å². The van der Waals surface area contributed by atoms with Gasteiger partial charge in [-0.15, -0.1) is 0 Å². The van der Waals surface area contributed by atoms with Gasteiger partial charge in [0, 0.05) is 6.54 Å². The Morgan fingerprint density at radius 2 is 1.92 bits per heavy atom. The van der Waals surface area contributed by atoms with Crippen LogP contribution < -0.4 is 5.73 Å². The van der Waals surface area contributed by atoms with Gasteiger partial charge in [-0.05, 0) is 45.6 Å². The highest BCUT2D eigenvalue weighted by Gasteiger charge is 2.33. The van der Waals surface area contributed by atoms with Gasteiger partial charge in [-0.1, -0.05) is 30.3 Å². The minimum absolute atomic E-state index is 0.251. The Labute approximate surface area is 149 Å². The molecule has 1 aromatic rings. The normalized spacial score (nSPS) is 21.4. The summed E-state index contributed by atoms with van der Waals surface area (Å²) in [7, 11) is 0. The van der Waals surface area contributed by atoms with Crippen molar-refractivity contribution in [1.29, 1.82) is 0 Å². The molecule has 1 aliphatic rings. The number of hydrogen-bond donors (Lipinski definition) is 1. The van der Waals surface area contributed by atoms with Crippen molar-refractivity contribution < 1.29 is 19.1 Å². The number of likely N-dealkylation sites (tertiary alicyclic amines) is 1. The van der Waals surface area contributed by atoms with Crippen LogP contribution in [0.2, 0.25) is 0 Å². The molecule has 1 fully saturated rings. The van der Waals surface area contributed by atoms with E-state index in [4.69, 9.17) is 15.2 Å². The second-order valence-electron chi connectivity index (χ2n) is 7.41. The van der Waals surface area contributed by atoms with E-state index in [9.17, 15) is 9.59 Å². The van der Waals surface area contributed by atoms with Gasteiger partial charge < -0.3 is 15.2 Å². The lowest BCUT2D eigenvalue weighted by molar-refractivity contribution is -0.150. The third-order valence-corrected chi connectivity index (χ3v) is 4.06. The lowest BCUT2D eigenvalue weighted by Gasteiger charge is -2.30. The van der Waals surface area contributed by atoms with E-state index < -0.39 is 17.9 Å². The average molecular weight is 348 g/mol. The molecule has 1 saturated heterocycles. The molecule has 25 heavy (non-hydrogen) atoms. The third kappa shape index (κ3) is 6.05. The second-order valence-corrected chi connectivity index (χ2v) is 7.41. The summed E-state index contributed by atoms with van der Waals surface area (Å²) in [5.41, 5.74) is 6.53. The van der Waals surface area contributed by atoms with Crippen LogP contribution in [-0.4, -0.2) is 35.3 Å². The first-order valence-electron chi connectivity index (χ1n) is 8.72. The summed E-state index contributed by atoms with van der Waals surface area (Å²) in [6.45, 7) is 6.19. The summed E-state index contributed by atoms with van der Waals surface area (Å²) in [5, 5.41) is 0. The molecule has 0 unspecified atom stereocenters. The van der Waals surface area contributed by atoms with Gasteiger partial charge in [0.1, 0.15) is 12.2 Å². The highest BCUT2D eigenvalue weighted by Crippen LogP contribution is 2.23. The highest BCUT2D eigenvalue weighted by atomic mass is 16.6. The van der Waals surface area contributed by atoms with Gasteiger partial charge in [0.2, 0.25) is 0 Å². The van der Waals surface area contributed by atoms with Crippen molar-refractivity contribution in [2.24, 2.45) is 11.7 Å². The molecule has 1 amide bonds. The van der Waals surface area contributed by atoms with Crippen LogP contribution in [0.3, 0.4) is 0 Å². The summed E-state index contributed by atoms with van der Waals surface area (Å²) in [4.78, 5) is 26.1. The number of amides is 1. The zero-order valence-electron chi connectivity index (χ0n) is 15.2. The Hall–Kier alpha value is -2.08. The first kappa shape index (κ1) is 19.2. The van der Waals surface area contributed by atoms with E-state index in [1.807, 2.05) is 51.1 Å². The first-order chi connectivity index (χ1) is 11.8. The van der Waals surface area contributed by atoms with Gasteiger partial charge in [0.05, 0.1) is 12.1 Å². The van der Waals surface area contributed by atoms with Crippen molar-refractivity contribution in [3.63, 3.8) is 0 Å². The molecule has 0 spiro atoms. The topological polar surface area (TPSA) is 81.9 Å². The Balaban J connectivity index is 1.90. The maximum absolute atomic E-state index is 12.4. The SMILES string of the molecule is CC(C)(C)OC(=O)N1CCC[C@H](C(=O)OCc2ccccc2)C[C@H]1N. The molecule has 0 bridgehead atoms. The summed E-state index contributed by atoms with van der Waals surface area (Å²) in [5.74, 6) is -0.559.